The molecule has 0 fully saturated rings. The number of esters is 1. The maximum Gasteiger partial charge on any atom is 0.341 e. The van der Waals surface area contributed by atoms with Gasteiger partial charge in [0.25, 0.3) is 0 Å². The maximum atomic E-state index is 11.6. The molecule has 19 heavy (non-hydrogen) atoms. The zero-order chi connectivity index (χ0) is 13.8. The van der Waals surface area contributed by atoms with Crippen molar-refractivity contribution in [3.05, 3.63) is 52.7 Å². The smallest absolute Gasteiger partial charge is 0.341 e. The average molecular weight is 276 g/mol. The number of rotatable bonds is 3. The zero-order valence-electron chi connectivity index (χ0n) is 10.8. The molecule has 0 N–H and O–H groups in total. The molecule has 0 spiro atoms. The normalized spacial score (nSPS) is 10.3. The highest BCUT2D eigenvalue weighted by molar-refractivity contribution is 6.32. The van der Waals surface area contributed by atoms with E-state index >= 15 is 0 Å². The Morgan fingerprint density at radius 2 is 1.89 bits per heavy atom. The Bertz CT molecular complexity index is 594. The number of halogens is 1. The first-order valence-corrected chi connectivity index (χ1v) is 6.40. The van der Waals surface area contributed by atoms with Gasteiger partial charge in [-0.2, -0.15) is 0 Å². The Labute approximate surface area is 117 Å². The second-order valence-corrected chi connectivity index (χ2v) is 4.48. The predicted octanol–water partition coefficient (Wildman–Crippen LogP) is 3.89. The van der Waals surface area contributed by atoms with Crippen LogP contribution in [0, 0.1) is 6.92 Å². The second kappa shape index (κ2) is 5.85. The summed E-state index contributed by atoms with van der Waals surface area (Å²) >= 11 is 6.03. The first-order chi connectivity index (χ1) is 9.11. The van der Waals surface area contributed by atoms with Gasteiger partial charge < -0.3 is 4.74 Å². The van der Waals surface area contributed by atoms with Crippen LogP contribution in [0.15, 0.2) is 36.4 Å². The molecule has 0 amide bonds. The van der Waals surface area contributed by atoms with Gasteiger partial charge >= 0.3 is 5.97 Å². The molecule has 1 heterocycles. The molecule has 0 saturated carbocycles. The molecule has 0 atom stereocenters. The number of aryl methyl sites for hydroxylation is 1. The number of pyridine rings is 1. The van der Waals surface area contributed by atoms with E-state index in [1.54, 1.807) is 19.1 Å². The number of hydrogen-bond acceptors (Lipinski definition) is 3. The summed E-state index contributed by atoms with van der Waals surface area (Å²) < 4.78 is 4.91. The van der Waals surface area contributed by atoms with Gasteiger partial charge in [0.2, 0.25) is 0 Å². The van der Waals surface area contributed by atoms with E-state index in [0.29, 0.717) is 12.2 Å². The Morgan fingerprint density at radius 1 is 1.21 bits per heavy atom. The van der Waals surface area contributed by atoms with Crippen LogP contribution in [0.3, 0.4) is 0 Å². The van der Waals surface area contributed by atoms with Gasteiger partial charge in [0.1, 0.15) is 5.15 Å². The monoisotopic (exact) mass is 275 g/mol. The number of nitrogens with zero attached hydrogens (tertiary/aromatic N) is 1. The lowest BCUT2D eigenvalue weighted by Crippen LogP contribution is -2.06. The molecule has 0 aliphatic heterocycles. The number of hydrogen-bond donors (Lipinski definition) is 0. The van der Waals surface area contributed by atoms with Crippen LogP contribution in [0.1, 0.15) is 22.8 Å². The molecule has 0 aliphatic rings. The molecule has 0 saturated heterocycles. The van der Waals surface area contributed by atoms with Gasteiger partial charge in [-0.3, -0.25) is 0 Å². The number of aromatic nitrogens is 1. The molecule has 3 nitrogen and oxygen atoms in total. The molecule has 1 aromatic heterocycles. The fraction of sp³-hybridized carbons (Fsp3) is 0.200. The molecule has 4 heteroatoms. The van der Waals surface area contributed by atoms with Gasteiger partial charge in [-0.15, -0.1) is 0 Å². The van der Waals surface area contributed by atoms with E-state index in [1.807, 2.05) is 31.2 Å². The van der Waals surface area contributed by atoms with Crippen molar-refractivity contribution in [3.8, 4) is 11.3 Å². The summed E-state index contributed by atoms with van der Waals surface area (Å²) in [4.78, 5) is 15.9. The Kier molecular flexibility index (Phi) is 4.17. The zero-order valence-corrected chi connectivity index (χ0v) is 11.6. The van der Waals surface area contributed by atoms with Gasteiger partial charge in [0.15, 0.2) is 0 Å². The molecule has 0 aliphatic carbocycles. The third-order valence-electron chi connectivity index (χ3n) is 2.69. The first-order valence-electron chi connectivity index (χ1n) is 6.02. The average Bonchev–Trinajstić information content (AvgIpc) is 2.39. The molecule has 0 bridgehead atoms. The first kappa shape index (κ1) is 13.6. The third kappa shape index (κ3) is 3.12. The van der Waals surface area contributed by atoms with E-state index < -0.39 is 5.97 Å². The molecular weight excluding hydrogens is 262 g/mol. The van der Waals surface area contributed by atoms with E-state index in [2.05, 4.69) is 4.98 Å². The highest BCUT2D eigenvalue weighted by Gasteiger charge is 2.13. The molecule has 2 aromatic rings. The summed E-state index contributed by atoms with van der Waals surface area (Å²) in [5.74, 6) is -0.449. The number of carbonyl (C=O) groups excluding carboxylic acids is 1. The molecule has 0 radical (unpaired) electrons. The summed E-state index contributed by atoms with van der Waals surface area (Å²) in [6.07, 6.45) is 0. The molecular formula is C15H14ClNO2. The van der Waals surface area contributed by atoms with Gasteiger partial charge in [-0.25, -0.2) is 9.78 Å². The van der Waals surface area contributed by atoms with Gasteiger partial charge in [0.05, 0.1) is 17.9 Å². The third-order valence-corrected chi connectivity index (χ3v) is 2.98. The van der Waals surface area contributed by atoms with Crippen LogP contribution in [0.25, 0.3) is 11.3 Å². The Balaban J connectivity index is 2.33. The molecule has 1 aromatic carbocycles. The lowest BCUT2D eigenvalue weighted by atomic mass is 10.1. The van der Waals surface area contributed by atoms with Crippen LogP contribution >= 0.6 is 11.6 Å². The van der Waals surface area contributed by atoms with Gasteiger partial charge in [-0.05, 0) is 26.0 Å². The molecule has 0 unspecified atom stereocenters. The molecule has 2 rings (SSSR count). The van der Waals surface area contributed by atoms with Crippen LogP contribution in [0.2, 0.25) is 5.15 Å². The largest absolute Gasteiger partial charge is 0.462 e. The van der Waals surface area contributed by atoms with Crippen LogP contribution < -0.4 is 0 Å². The molecule has 98 valence electrons. The lowest BCUT2D eigenvalue weighted by Gasteiger charge is -2.06. The maximum absolute atomic E-state index is 11.6. The number of carbonyl (C=O) groups is 1. The fourth-order valence-corrected chi connectivity index (χ4v) is 1.91. The van der Waals surface area contributed by atoms with Crippen LogP contribution in [-0.2, 0) is 4.74 Å². The van der Waals surface area contributed by atoms with Crippen molar-refractivity contribution in [2.24, 2.45) is 0 Å². The van der Waals surface area contributed by atoms with E-state index in [1.165, 1.54) is 5.56 Å². The van der Waals surface area contributed by atoms with Crippen molar-refractivity contribution in [1.82, 2.24) is 4.98 Å². The van der Waals surface area contributed by atoms with Gasteiger partial charge in [-0.1, -0.05) is 41.4 Å². The van der Waals surface area contributed by atoms with E-state index in [0.717, 1.165) is 11.3 Å². The van der Waals surface area contributed by atoms with Crippen LogP contribution in [0.4, 0.5) is 0 Å². The minimum absolute atomic E-state index is 0.163. The SMILES string of the molecule is CCOC(=O)c1ccc(-c2ccc(C)cc2)nc1Cl. The van der Waals surface area contributed by atoms with Gasteiger partial charge in [0, 0.05) is 5.56 Å². The summed E-state index contributed by atoms with van der Waals surface area (Å²) in [5.41, 5.74) is 3.17. The van der Waals surface area contributed by atoms with Crippen molar-refractivity contribution in [2.45, 2.75) is 13.8 Å². The summed E-state index contributed by atoms with van der Waals surface area (Å²) in [6, 6.07) is 11.4. The van der Waals surface area contributed by atoms with Crippen LogP contribution in [-0.4, -0.2) is 17.6 Å². The predicted molar refractivity (Wildman–Crippen MR) is 75.4 cm³/mol. The number of benzene rings is 1. The van der Waals surface area contributed by atoms with E-state index in [4.69, 9.17) is 16.3 Å². The van der Waals surface area contributed by atoms with Crippen LogP contribution in [0.5, 0.6) is 0 Å². The van der Waals surface area contributed by atoms with Crippen molar-refractivity contribution < 1.29 is 9.53 Å². The summed E-state index contributed by atoms with van der Waals surface area (Å²) in [7, 11) is 0. The fourth-order valence-electron chi connectivity index (χ4n) is 1.68. The van der Waals surface area contributed by atoms with E-state index in [9.17, 15) is 4.79 Å². The minimum atomic E-state index is -0.449. The Hall–Kier alpha value is -1.87. The van der Waals surface area contributed by atoms with Crippen molar-refractivity contribution in [2.75, 3.05) is 6.61 Å². The van der Waals surface area contributed by atoms with Crippen molar-refractivity contribution in [3.63, 3.8) is 0 Å². The number of ether oxygens (including phenoxy) is 1. The summed E-state index contributed by atoms with van der Waals surface area (Å²) in [6.45, 7) is 4.09. The highest BCUT2D eigenvalue weighted by atomic mass is 35.5. The van der Waals surface area contributed by atoms with Crippen molar-refractivity contribution in [1.29, 1.82) is 0 Å². The second-order valence-electron chi connectivity index (χ2n) is 4.12. The van der Waals surface area contributed by atoms with E-state index in [-0.39, 0.29) is 5.15 Å². The summed E-state index contributed by atoms with van der Waals surface area (Å²) in [5, 5.41) is 0.163. The Morgan fingerprint density at radius 3 is 2.47 bits per heavy atom. The van der Waals surface area contributed by atoms with Crippen molar-refractivity contribution >= 4 is 17.6 Å². The minimum Gasteiger partial charge on any atom is -0.462 e. The topological polar surface area (TPSA) is 39.2 Å². The highest BCUT2D eigenvalue weighted by Crippen LogP contribution is 2.22. The quantitative estimate of drug-likeness (QED) is 0.630. The lowest BCUT2D eigenvalue weighted by molar-refractivity contribution is 0.0526. The standard InChI is InChI=1S/C15H14ClNO2/c1-3-19-15(18)12-8-9-13(17-14(12)16)11-6-4-10(2)5-7-11/h4-9H,3H2,1-2H3.